The zero-order valence-electron chi connectivity index (χ0n) is 14.2. The van der Waals surface area contributed by atoms with Crippen molar-refractivity contribution < 1.29 is 4.79 Å². The second kappa shape index (κ2) is 6.55. The molecule has 3 heterocycles. The fourth-order valence-corrected chi connectivity index (χ4v) is 3.27. The van der Waals surface area contributed by atoms with Gasteiger partial charge in [0.05, 0.1) is 17.4 Å². The molecule has 0 unspecified atom stereocenters. The van der Waals surface area contributed by atoms with E-state index in [0.29, 0.717) is 12.1 Å². The van der Waals surface area contributed by atoms with Gasteiger partial charge < -0.3 is 15.2 Å². The van der Waals surface area contributed by atoms with Crippen molar-refractivity contribution in [3.05, 3.63) is 53.5 Å². The maximum atomic E-state index is 12.5. The molecule has 1 aliphatic rings. The highest BCUT2D eigenvalue weighted by molar-refractivity contribution is 5.97. The van der Waals surface area contributed by atoms with E-state index in [4.69, 9.17) is 4.98 Å². The molecule has 1 saturated heterocycles. The van der Waals surface area contributed by atoms with Crippen LogP contribution in [0.4, 0.5) is 5.82 Å². The number of benzene rings is 1. The summed E-state index contributed by atoms with van der Waals surface area (Å²) in [5.74, 6) is 0.909. The van der Waals surface area contributed by atoms with E-state index >= 15 is 0 Å². The molecule has 0 atom stereocenters. The minimum absolute atomic E-state index is 0.0931. The van der Waals surface area contributed by atoms with Crippen molar-refractivity contribution in [1.82, 2.24) is 20.3 Å². The summed E-state index contributed by atoms with van der Waals surface area (Å²) in [7, 11) is 0. The molecule has 6 nitrogen and oxygen atoms in total. The largest absolute Gasteiger partial charge is 0.356 e. The number of pyridine rings is 1. The maximum absolute atomic E-state index is 12.5. The van der Waals surface area contributed by atoms with Crippen molar-refractivity contribution in [3.8, 4) is 0 Å². The molecule has 3 aromatic rings. The molecule has 1 fully saturated rings. The quantitative estimate of drug-likeness (QED) is 0.769. The van der Waals surface area contributed by atoms with Crippen LogP contribution < -0.4 is 10.2 Å². The lowest BCUT2D eigenvalue weighted by molar-refractivity contribution is 0.0951. The molecule has 1 aliphatic heterocycles. The van der Waals surface area contributed by atoms with Crippen LogP contribution in [-0.4, -0.2) is 33.9 Å². The molecule has 0 aliphatic carbocycles. The predicted molar refractivity (Wildman–Crippen MR) is 97.7 cm³/mol. The summed E-state index contributed by atoms with van der Waals surface area (Å²) >= 11 is 0. The van der Waals surface area contributed by atoms with Crippen LogP contribution in [0, 0.1) is 6.92 Å². The lowest BCUT2D eigenvalue weighted by atomic mass is 10.1. The number of imidazole rings is 1. The van der Waals surface area contributed by atoms with Gasteiger partial charge in [0, 0.05) is 36.5 Å². The number of aromatic amines is 1. The molecule has 0 radical (unpaired) electrons. The minimum atomic E-state index is -0.0931. The summed E-state index contributed by atoms with van der Waals surface area (Å²) < 4.78 is 0. The molecule has 0 saturated carbocycles. The second-order valence-electron chi connectivity index (χ2n) is 6.45. The average molecular weight is 335 g/mol. The predicted octanol–water partition coefficient (Wildman–Crippen LogP) is 2.80. The number of nitrogens with one attached hydrogen (secondary N) is 2. The van der Waals surface area contributed by atoms with E-state index < -0.39 is 0 Å². The maximum Gasteiger partial charge on any atom is 0.251 e. The van der Waals surface area contributed by atoms with Crippen molar-refractivity contribution in [1.29, 1.82) is 0 Å². The normalized spacial score (nSPS) is 14.2. The third-order valence-electron chi connectivity index (χ3n) is 4.62. The lowest BCUT2D eigenvalue weighted by Crippen LogP contribution is -2.26. The van der Waals surface area contributed by atoms with E-state index in [-0.39, 0.29) is 5.91 Å². The van der Waals surface area contributed by atoms with Gasteiger partial charge in [-0.3, -0.25) is 4.79 Å². The first-order chi connectivity index (χ1) is 12.2. The molecular formula is C19H21N5O. The Balaban J connectivity index is 1.51. The van der Waals surface area contributed by atoms with Crippen LogP contribution in [0.5, 0.6) is 0 Å². The summed E-state index contributed by atoms with van der Waals surface area (Å²) in [5.41, 5.74) is 4.41. The van der Waals surface area contributed by atoms with Gasteiger partial charge in [0.25, 0.3) is 5.91 Å². The molecule has 6 heteroatoms. The number of hydrogen-bond donors (Lipinski definition) is 2. The average Bonchev–Trinajstić information content (AvgIpc) is 3.31. The highest BCUT2D eigenvalue weighted by Crippen LogP contribution is 2.23. The molecule has 1 aromatic carbocycles. The van der Waals surface area contributed by atoms with Crippen molar-refractivity contribution in [2.24, 2.45) is 0 Å². The number of H-pyrrole nitrogens is 1. The molecule has 25 heavy (non-hydrogen) atoms. The topological polar surface area (TPSA) is 73.9 Å². The van der Waals surface area contributed by atoms with Crippen molar-refractivity contribution >= 4 is 22.8 Å². The minimum Gasteiger partial charge on any atom is -0.356 e. The summed E-state index contributed by atoms with van der Waals surface area (Å²) in [5, 5.41) is 3.02. The summed E-state index contributed by atoms with van der Waals surface area (Å²) in [6.45, 7) is 4.54. The van der Waals surface area contributed by atoms with E-state index in [2.05, 4.69) is 26.3 Å². The Labute approximate surface area is 146 Å². The Morgan fingerprint density at radius 1 is 1.24 bits per heavy atom. The number of hydrogen-bond acceptors (Lipinski definition) is 4. The zero-order valence-corrected chi connectivity index (χ0v) is 14.2. The first kappa shape index (κ1) is 15.6. The Morgan fingerprint density at radius 2 is 2.08 bits per heavy atom. The van der Waals surface area contributed by atoms with Crippen LogP contribution >= 0.6 is 0 Å². The third kappa shape index (κ3) is 3.20. The summed E-state index contributed by atoms with van der Waals surface area (Å²) in [4.78, 5) is 26.7. The molecule has 128 valence electrons. The number of aryl methyl sites for hydroxylation is 1. The first-order valence-electron chi connectivity index (χ1n) is 8.63. The molecule has 0 bridgehead atoms. The Hall–Kier alpha value is -2.89. The number of rotatable bonds is 4. The smallest absolute Gasteiger partial charge is 0.251 e. The summed E-state index contributed by atoms with van der Waals surface area (Å²) in [6, 6.07) is 9.54. The number of amides is 1. The monoisotopic (exact) mass is 335 g/mol. The van der Waals surface area contributed by atoms with Gasteiger partial charge in [-0.25, -0.2) is 9.97 Å². The number of nitrogens with zero attached hydrogens (tertiary/aromatic N) is 3. The fourth-order valence-electron chi connectivity index (χ4n) is 3.27. The van der Waals surface area contributed by atoms with Crippen molar-refractivity contribution in [3.63, 3.8) is 0 Å². The van der Waals surface area contributed by atoms with Gasteiger partial charge in [-0.1, -0.05) is 6.07 Å². The number of carbonyl (C=O) groups excluding carboxylic acids is 1. The van der Waals surface area contributed by atoms with Crippen LogP contribution in [0.3, 0.4) is 0 Å². The highest BCUT2D eigenvalue weighted by Gasteiger charge is 2.18. The lowest BCUT2D eigenvalue weighted by Gasteiger charge is -2.20. The van der Waals surface area contributed by atoms with Crippen molar-refractivity contribution in [2.45, 2.75) is 26.3 Å². The van der Waals surface area contributed by atoms with Gasteiger partial charge in [0.15, 0.2) is 0 Å². The second-order valence-corrected chi connectivity index (χ2v) is 6.45. The molecule has 1 amide bonds. The first-order valence-corrected chi connectivity index (χ1v) is 8.63. The number of anilines is 1. The van der Waals surface area contributed by atoms with Crippen LogP contribution in [0.2, 0.25) is 0 Å². The van der Waals surface area contributed by atoms with Crippen LogP contribution in [0.1, 0.15) is 34.5 Å². The summed E-state index contributed by atoms with van der Waals surface area (Å²) in [6.07, 6.45) is 4.03. The van der Waals surface area contributed by atoms with Crippen LogP contribution in [0.15, 0.2) is 36.7 Å². The van der Waals surface area contributed by atoms with Crippen molar-refractivity contribution in [2.75, 3.05) is 18.0 Å². The van der Waals surface area contributed by atoms with E-state index in [1.807, 2.05) is 25.1 Å². The molecule has 4 rings (SSSR count). The number of carbonyl (C=O) groups is 1. The van der Waals surface area contributed by atoms with Gasteiger partial charge in [-0.05, 0) is 44.0 Å². The van der Waals surface area contributed by atoms with Gasteiger partial charge in [0.2, 0.25) is 0 Å². The van der Waals surface area contributed by atoms with Gasteiger partial charge in [0.1, 0.15) is 5.82 Å². The zero-order chi connectivity index (χ0) is 17.2. The van der Waals surface area contributed by atoms with Gasteiger partial charge in [-0.15, -0.1) is 0 Å². The fraction of sp³-hybridized carbons (Fsp3) is 0.316. The molecular weight excluding hydrogens is 314 g/mol. The Morgan fingerprint density at radius 3 is 2.92 bits per heavy atom. The van der Waals surface area contributed by atoms with E-state index in [9.17, 15) is 4.79 Å². The standard InChI is InChI=1S/C19H21N5O/c1-13-4-5-15(18(23-13)24-8-2-3-9-24)11-20-19(25)14-6-7-16-17(10-14)22-12-21-16/h4-7,10,12H,2-3,8-9,11H2,1H3,(H,20,25)(H,21,22). The Kier molecular flexibility index (Phi) is 4.09. The molecule has 2 N–H and O–H groups in total. The van der Waals surface area contributed by atoms with E-state index in [1.165, 1.54) is 12.8 Å². The number of fused-ring (bicyclic) bond motifs is 1. The molecule has 0 spiro atoms. The van der Waals surface area contributed by atoms with Gasteiger partial charge >= 0.3 is 0 Å². The Bertz CT molecular complexity index is 911. The highest BCUT2D eigenvalue weighted by atomic mass is 16.1. The SMILES string of the molecule is Cc1ccc(CNC(=O)c2ccc3nc[nH]c3c2)c(N2CCCC2)n1. The van der Waals surface area contributed by atoms with E-state index in [0.717, 1.165) is 41.2 Å². The van der Waals surface area contributed by atoms with Crippen LogP contribution in [0.25, 0.3) is 11.0 Å². The number of aromatic nitrogens is 3. The van der Waals surface area contributed by atoms with E-state index in [1.54, 1.807) is 12.4 Å². The van der Waals surface area contributed by atoms with Gasteiger partial charge in [-0.2, -0.15) is 0 Å². The molecule has 2 aromatic heterocycles. The van der Waals surface area contributed by atoms with Crippen LogP contribution in [-0.2, 0) is 6.54 Å². The third-order valence-corrected chi connectivity index (χ3v) is 4.62.